The fourth-order valence-electron chi connectivity index (χ4n) is 6.69. The number of rotatable bonds is 10. The lowest BCUT2D eigenvalue weighted by Crippen LogP contribution is -2.48. The molecule has 1 aromatic carbocycles. The van der Waals surface area contributed by atoms with Gasteiger partial charge in [-0.2, -0.15) is 0 Å². The highest BCUT2D eigenvalue weighted by molar-refractivity contribution is 5.83. The van der Waals surface area contributed by atoms with Crippen LogP contribution in [0.1, 0.15) is 74.4 Å². The van der Waals surface area contributed by atoms with Gasteiger partial charge in [-0.25, -0.2) is 9.37 Å². The Morgan fingerprint density at radius 3 is 2.57 bits per heavy atom. The normalized spacial score (nSPS) is 17.8. The molecule has 2 atom stereocenters. The Bertz CT molecular complexity index is 1680. The molecule has 2 fully saturated rings. The van der Waals surface area contributed by atoms with Crippen molar-refractivity contribution in [1.29, 1.82) is 0 Å². The summed E-state index contributed by atoms with van der Waals surface area (Å²) < 4.78 is 16.8. The summed E-state index contributed by atoms with van der Waals surface area (Å²) in [5.74, 6) is 0.754. The summed E-state index contributed by atoms with van der Waals surface area (Å²) in [6.45, 7) is 11.1. The molecule has 2 aliphatic rings. The van der Waals surface area contributed by atoms with Crippen molar-refractivity contribution < 1.29 is 4.39 Å². The second kappa shape index (κ2) is 12.7. The molecule has 0 radical (unpaired) electrons. The number of hydrogen-bond donors (Lipinski definition) is 0. The summed E-state index contributed by atoms with van der Waals surface area (Å²) in [4.78, 5) is 30.4. The van der Waals surface area contributed by atoms with Gasteiger partial charge in [-0.1, -0.05) is 6.92 Å². The van der Waals surface area contributed by atoms with Crippen LogP contribution in [-0.2, 0) is 13.1 Å². The number of pyridine rings is 3. The van der Waals surface area contributed by atoms with Crippen LogP contribution in [0.4, 0.5) is 15.9 Å². The van der Waals surface area contributed by atoms with Crippen LogP contribution in [0.2, 0.25) is 0 Å². The van der Waals surface area contributed by atoms with Gasteiger partial charge in [0.25, 0.3) is 0 Å². The largest absolute Gasteiger partial charge is 0.369 e. The van der Waals surface area contributed by atoms with Crippen LogP contribution < -0.4 is 15.2 Å². The van der Waals surface area contributed by atoms with Crippen molar-refractivity contribution >= 4 is 22.4 Å². The first kappa shape index (κ1) is 30.3. The van der Waals surface area contributed by atoms with Crippen molar-refractivity contribution in [3.8, 4) is 0 Å². The quantitative estimate of drug-likeness (QED) is 0.201. The number of aryl methyl sites for hydroxylation is 2. The average molecular weight is 597 g/mol. The molecular formula is C36H45FN6O. The molecule has 4 aromatic rings. The van der Waals surface area contributed by atoms with Crippen molar-refractivity contribution in [3.05, 3.63) is 93.4 Å². The topological polar surface area (TPSA) is 57.5 Å². The van der Waals surface area contributed by atoms with Crippen LogP contribution in [0, 0.1) is 19.7 Å². The van der Waals surface area contributed by atoms with E-state index in [2.05, 4.69) is 69.4 Å². The number of hydrogen-bond acceptors (Lipinski definition) is 6. The SMILES string of the molecule is CCC(C)n1cc(CN(Cc2ccnc(C)c2)C2CCCN(c3ccc(N(C)C4CC4)nc3)C2)c(=O)c2ccc(F)c(C)c21. The maximum absolute atomic E-state index is 14.7. The highest BCUT2D eigenvalue weighted by atomic mass is 19.1. The van der Waals surface area contributed by atoms with Crippen LogP contribution in [0.3, 0.4) is 0 Å². The molecule has 1 saturated carbocycles. The fraction of sp³-hybridized carbons (Fsp3) is 0.472. The molecule has 0 spiro atoms. The number of piperidine rings is 1. The van der Waals surface area contributed by atoms with E-state index in [0.29, 0.717) is 35.6 Å². The van der Waals surface area contributed by atoms with Crippen molar-refractivity contribution in [2.24, 2.45) is 0 Å². The smallest absolute Gasteiger partial charge is 0.193 e. The first-order valence-corrected chi connectivity index (χ1v) is 16.2. The molecular weight excluding hydrogens is 551 g/mol. The minimum atomic E-state index is -0.277. The zero-order valence-corrected chi connectivity index (χ0v) is 26.8. The number of nitrogens with zero attached hydrogens (tertiary/aromatic N) is 6. The van der Waals surface area contributed by atoms with Gasteiger partial charge >= 0.3 is 0 Å². The van der Waals surface area contributed by atoms with Gasteiger partial charge in [0, 0.05) is 86.0 Å². The van der Waals surface area contributed by atoms with Gasteiger partial charge in [-0.3, -0.25) is 14.7 Å². The molecule has 1 saturated heterocycles. The van der Waals surface area contributed by atoms with E-state index in [4.69, 9.17) is 4.98 Å². The van der Waals surface area contributed by atoms with Crippen molar-refractivity contribution in [2.45, 2.75) is 91.0 Å². The van der Waals surface area contributed by atoms with Gasteiger partial charge in [0.2, 0.25) is 0 Å². The van der Waals surface area contributed by atoms with Gasteiger partial charge in [-0.05, 0) is 94.8 Å². The zero-order chi connectivity index (χ0) is 31.0. The third-order valence-electron chi connectivity index (χ3n) is 9.71. The Labute approximate surface area is 260 Å². The third-order valence-corrected chi connectivity index (χ3v) is 9.71. The maximum atomic E-state index is 14.7. The molecule has 0 amide bonds. The van der Waals surface area contributed by atoms with Crippen molar-refractivity contribution in [1.82, 2.24) is 19.4 Å². The highest BCUT2D eigenvalue weighted by Gasteiger charge is 2.29. The number of aromatic nitrogens is 3. The highest BCUT2D eigenvalue weighted by Crippen LogP contribution is 2.31. The first-order valence-electron chi connectivity index (χ1n) is 16.2. The molecule has 0 N–H and O–H groups in total. The predicted octanol–water partition coefficient (Wildman–Crippen LogP) is 6.79. The summed E-state index contributed by atoms with van der Waals surface area (Å²) in [5.41, 5.74) is 5.29. The number of halogens is 1. The Balaban J connectivity index is 1.33. The van der Waals surface area contributed by atoms with Crippen molar-refractivity contribution in [2.75, 3.05) is 29.9 Å². The summed E-state index contributed by atoms with van der Waals surface area (Å²) in [6.07, 6.45) is 11.4. The van der Waals surface area contributed by atoms with E-state index in [0.717, 1.165) is 55.1 Å². The van der Waals surface area contributed by atoms with Crippen LogP contribution in [-0.4, -0.2) is 51.7 Å². The Morgan fingerprint density at radius 1 is 1.05 bits per heavy atom. The second-order valence-corrected chi connectivity index (χ2v) is 12.9. The second-order valence-electron chi connectivity index (χ2n) is 12.9. The van der Waals surface area contributed by atoms with Crippen LogP contribution in [0.25, 0.3) is 10.9 Å². The van der Waals surface area contributed by atoms with Gasteiger partial charge < -0.3 is 14.4 Å². The van der Waals surface area contributed by atoms with E-state index in [1.807, 2.05) is 25.5 Å². The summed E-state index contributed by atoms with van der Waals surface area (Å²) >= 11 is 0. The molecule has 1 aliphatic heterocycles. The fourth-order valence-corrected chi connectivity index (χ4v) is 6.69. The number of benzene rings is 1. The molecule has 6 rings (SSSR count). The van der Waals surface area contributed by atoms with Crippen molar-refractivity contribution in [3.63, 3.8) is 0 Å². The molecule has 44 heavy (non-hydrogen) atoms. The van der Waals surface area contributed by atoms with Crippen LogP contribution in [0.5, 0.6) is 0 Å². The summed E-state index contributed by atoms with van der Waals surface area (Å²) in [6, 6.07) is 12.7. The van der Waals surface area contributed by atoms with E-state index in [1.54, 1.807) is 13.0 Å². The molecule has 2 unspecified atom stereocenters. The predicted molar refractivity (Wildman–Crippen MR) is 177 cm³/mol. The average Bonchev–Trinajstić information content (AvgIpc) is 3.89. The number of fused-ring (bicyclic) bond motifs is 1. The van der Waals surface area contributed by atoms with E-state index < -0.39 is 0 Å². The summed E-state index contributed by atoms with van der Waals surface area (Å²) in [5, 5.41) is 0.592. The summed E-state index contributed by atoms with van der Waals surface area (Å²) in [7, 11) is 2.13. The van der Waals surface area contributed by atoms with E-state index in [1.165, 1.54) is 24.5 Å². The molecule has 0 bridgehead atoms. The molecule has 4 heterocycles. The van der Waals surface area contributed by atoms with E-state index in [9.17, 15) is 9.18 Å². The first-order chi connectivity index (χ1) is 21.2. The number of anilines is 2. The van der Waals surface area contributed by atoms with Gasteiger partial charge in [-0.15, -0.1) is 0 Å². The molecule has 3 aromatic heterocycles. The van der Waals surface area contributed by atoms with E-state index >= 15 is 0 Å². The van der Waals surface area contributed by atoms with Crippen LogP contribution in [0.15, 0.2) is 59.8 Å². The van der Waals surface area contributed by atoms with Crippen LogP contribution >= 0.6 is 0 Å². The monoisotopic (exact) mass is 596 g/mol. The lowest BCUT2D eigenvalue weighted by Gasteiger charge is -2.40. The lowest BCUT2D eigenvalue weighted by molar-refractivity contribution is 0.158. The molecule has 1 aliphatic carbocycles. The Hall–Kier alpha value is -3.78. The third kappa shape index (κ3) is 6.23. The van der Waals surface area contributed by atoms with E-state index in [-0.39, 0.29) is 23.3 Å². The lowest BCUT2D eigenvalue weighted by atomic mass is 10.0. The van der Waals surface area contributed by atoms with Gasteiger partial charge in [0.15, 0.2) is 5.43 Å². The molecule has 232 valence electrons. The minimum absolute atomic E-state index is 0.00852. The standard InChI is InChI=1S/C36H45FN6O/c1-6-25(3)43-22-28(36(44)32-12-13-33(37)26(4)35(32)43)21-42(20-27-15-16-38-24(2)18-27)31-8-7-17-41(23-31)30-11-14-34(39-19-30)40(5)29-9-10-29/h11-16,18-19,22,25,29,31H,6-10,17,20-21,23H2,1-5H3. The molecule has 8 heteroatoms. The molecule has 7 nitrogen and oxygen atoms in total. The van der Waals surface area contributed by atoms with Gasteiger partial charge in [0.05, 0.1) is 17.4 Å². The maximum Gasteiger partial charge on any atom is 0.193 e. The Morgan fingerprint density at radius 2 is 1.86 bits per heavy atom. The van der Waals surface area contributed by atoms with Gasteiger partial charge in [0.1, 0.15) is 11.6 Å². The minimum Gasteiger partial charge on any atom is -0.369 e. The zero-order valence-electron chi connectivity index (χ0n) is 26.8. The Kier molecular flexibility index (Phi) is 8.72.